The molecule has 0 radical (unpaired) electrons. The number of ether oxygens (including phenoxy) is 2. The molecule has 1 aromatic carbocycles. The number of aliphatic imine (C=N–C) groups is 1. The minimum atomic E-state index is -0.000910. The fourth-order valence-electron chi connectivity index (χ4n) is 2.95. The molecule has 0 saturated carbocycles. The number of halogens is 1. The van der Waals surface area contributed by atoms with E-state index in [2.05, 4.69) is 22.2 Å². The first kappa shape index (κ1) is 19.5. The van der Waals surface area contributed by atoms with Gasteiger partial charge < -0.3 is 19.7 Å². The van der Waals surface area contributed by atoms with Crippen molar-refractivity contribution in [2.45, 2.75) is 13.0 Å². The number of hydrogen-bond donors (Lipinski definition) is 1. The smallest absolute Gasteiger partial charge is 0.194 e. The van der Waals surface area contributed by atoms with Crippen molar-refractivity contribution in [3.63, 3.8) is 0 Å². The fraction of sp³-hybridized carbons (Fsp3) is 0.474. The van der Waals surface area contributed by atoms with Crippen molar-refractivity contribution in [3.8, 4) is 5.75 Å². The molecule has 3 rings (SSSR count). The van der Waals surface area contributed by atoms with E-state index in [1.54, 1.807) is 10.7 Å². The predicted octanol–water partition coefficient (Wildman–Crippen LogP) is 2.49. The van der Waals surface area contributed by atoms with Gasteiger partial charge in [0.05, 0.1) is 25.9 Å². The number of aryl methyl sites for hydroxylation is 1. The second-order valence-electron chi connectivity index (χ2n) is 6.29. The number of morpholine rings is 1. The molecule has 146 valence electrons. The summed E-state index contributed by atoms with van der Waals surface area (Å²) >= 11 is 5.97. The van der Waals surface area contributed by atoms with Crippen LogP contribution in [0.4, 0.5) is 0 Å². The van der Waals surface area contributed by atoms with Crippen molar-refractivity contribution in [3.05, 3.63) is 47.2 Å². The van der Waals surface area contributed by atoms with Crippen molar-refractivity contribution in [1.82, 2.24) is 20.0 Å². The minimum absolute atomic E-state index is 0.000910. The lowest BCUT2D eigenvalue weighted by Crippen LogP contribution is -2.48. The summed E-state index contributed by atoms with van der Waals surface area (Å²) in [6.07, 6.45) is 3.85. The Bertz CT molecular complexity index is 764. The van der Waals surface area contributed by atoms with E-state index in [4.69, 9.17) is 26.1 Å². The van der Waals surface area contributed by atoms with Crippen molar-refractivity contribution in [2.75, 3.05) is 39.4 Å². The molecule has 1 aliphatic heterocycles. The highest BCUT2D eigenvalue weighted by Gasteiger charge is 2.25. The maximum Gasteiger partial charge on any atom is 0.194 e. The molecule has 8 heteroatoms. The third kappa shape index (κ3) is 5.61. The summed E-state index contributed by atoms with van der Waals surface area (Å²) in [6.45, 7) is 6.13. The molecule has 1 aromatic heterocycles. The van der Waals surface area contributed by atoms with Gasteiger partial charge in [0.25, 0.3) is 0 Å². The monoisotopic (exact) mass is 391 g/mol. The quantitative estimate of drug-likeness (QED) is 0.465. The van der Waals surface area contributed by atoms with Gasteiger partial charge >= 0.3 is 0 Å². The first-order chi connectivity index (χ1) is 13.2. The van der Waals surface area contributed by atoms with Crippen LogP contribution in [0.1, 0.15) is 18.6 Å². The summed E-state index contributed by atoms with van der Waals surface area (Å²) in [5.41, 5.74) is 1.09. The molecule has 0 bridgehead atoms. The SMILES string of the molecule is CCNC(=NCCOc1cccc(Cl)c1)N1CCOC(c2cnn(C)c2)C1. The number of guanidine groups is 1. The first-order valence-electron chi connectivity index (χ1n) is 9.17. The molecular formula is C19H26ClN5O2. The number of nitrogens with one attached hydrogen (secondary N) is 1. The first-order valence-corrected chi connectivity index (χ1v) is 9.55. The van der Waals surface area contributed by atoms with Gasteiger partial charge in [0.2, 0.25) is 0 Å². The predicted molar refractivity (Wildman–Crippen MR) is 106 cm³/mol. The van der Waals surface area contributed by atoms with Crippen molar-refractivity contribution < 1.29 is 9.47 Å². The van der Waals surface area contributed by atoms with E-state index in [1.165, 1.54) is 0 Å². The summed E-state index contributed by atoms with van der Waals surface area (Å²) in [4.78, 5) is 6.93. The van der Waals surface area contributed by atoms with Crippen molar-refractivity contribution in [1.29, 1.82) is 0 Å². The van der Waals surface area contributed by atoms with Gasteiger partial charge in [0.1, 0.15) is 18.5 Å². The van der Waals surface area contributed by atoms with Crippen LogP contribution in [-0.4, -0.2) is 60.0 Å². The molecule has 27 heavy (non-hydrogen) atoms. The number of hydrogen-bond acceptors (Lipinski definition) is 4. The van der Waals surface area contributed by atoms with E-state index in [0.717, 1.165) is 36.9 Å². The third-order valence-corrected chi connectivity index (χ3v) is 4.45. The average molecular weight is 392 g/mol. The normalized spacial score (nSPS) is 17.8. The van der Waals surface area contributed by atoms with Crippen LogP contribution in [0, 0.1) is 0 Å². The molecule has 1 fully saturated rings. The largest absolute Gasteiger partial charge is 0.492 e. The van der Waals surface area contributed by atoms with Crippen LogP contribution in [0.2, 0.25) is 5.02 Å². The molecule has 2 heterocycles. The van der Waals surface area contributed by atoms with Crippen LogP contribution in [-0.2, 0) is 11.8 Å². The van der Waals surface area contributed by atoms with E-state index >= 15 is 0 Å². The lowest BCUT2D eigenvalue weighted by Gasteiger charge is -2.34. The summed E-state index contributed by atoms with van der Waals surface area (Å²) < 4.78 is 13.4. The molecule has 0 aliphatic carbocycles. The zero-order chi connectivity index (χ0) is 19.1. The molecule has 0 amide bonds. The summed E-state index contributed by atoms with van der Waals surface area (Å²) in [5, 5.41) is 8.27. The maximum absolute atomic E-state index is 5.97. The molecule has 2 aromatic rings. The van der Waals surface area contributed by atoms with Gasteiger partial charge in [-0.1, -0.05) is 17.7 Å². The Morgan fingerprint density at radius 3 is 3.11 bits per heavy atom. The highest BCUT2D eigenvalue weighted by Crippen LogP contribution is 2.21. The van der Waals surface area contributed by atoms with Gasteiger partial charge in [-0.15, -0.1) is 0 Å². The topological polar surface area (TPSA) is 63.9 Å². The van der Waals surface area contributed by atoms with Crippen molar-refractivity contribution in [2.24, 2.45) is 12.0 Å². The van der Waals surface area contributed by atoms with Crippen LogP contribution < -0.4 is 10.1 Å². The maximum atomic E-state index is 5.97. The van der Waals surface area contributed by atoms with E-state index in [1.807, 2.05) is 37.6 Å². The minimum Gasteiger partial charge on any atom is -0.492 e. The van der Waals surface area contributed by atoms with E-state index in [0.29, 0.717) is 24.8 Å². The third-order valence-electron chi connectivity index (χ3n) is 4.22. The number of rotatable bonds is 6. The number of nitrogens with zero attached hydrogens (tertiary/aromatic N) is 4. The zero-order valence-corrected chi connectivity index (χ0v) is 16.5. The Morgan fingerprint density at radius 2 is 2.37 bits per heavy atom. The van der Waals surface area contributed by atoms with Crippen LogP contribution in [0.25, 0.3) is 0 Å². The van der Waals surface area contributed by atoms with E-state index in [-0.39, 0.29) is 6.10 Å². The van der Waals surface area contributed by atoms with Gasteiger partial charge in [-0.3, -0.25) is 4.68 Å². The van der Waals surface area contributed by atoms with E-state index in [9.17, 15) is 0 Å². The zero-order valence-electron chi connectivity index (χ0n) is 15.8. The van der Waals surface area contributed by atoms with Gasteiger partial charge in [0.15, 0.2) is 5.96 Å². The van der Waals surface area contributed by atoms with Crippen molar-refractivity contribution >= 4 is 17.6 Å². The molecule has 7 nitrogen and oxygen atoms in total. The Kier molecular flexibility index (Phi) is 6.95. The molecule has 1 N–H and O–H groups in total. The Morgan fingerprint density at radius 1 is 1.48 bits per heavy atom. The second kappa shape index (κ2) is 9.62. The fourth-order valence-corrected chi connectivity index (χ4v) is 3.13. The molecular weight excluding hydrogens is 366 g/mol. The number of benzene rings is 1. The van der Waals surface area contributed by atoms with Crippen LogP contribution in [0.5, 0.6) is 5.75 Å². The Hall–Kier alpha value is -2.25. The molecule has 1 unspecified atom stereocenters. The second-order valence-corrected chi connectivity index (χ2v) is 6.73. The van der Waals surface area contributed by atoms with Gasteiger partial charge in [0, 0.05) is 36.9 Å². The van der Waals surface area contributed by atoms with Gasteiger partial charge in [-0.2, -0.15) is 5.10 Å². The summed E-state index contributed by atoms with van der Waals surface area (Å²) in [7, 11) is 1.91. The van der Waals surface area contributed by atoms with Crippen LogP contribution >= 0.6 is 11.6 Å². The van der Waals surface area contributed by atoms with Gasteiger partial charge in [-0.25, -0.2) is 4.99 Å². The Balaban J connectivity index is 1.57. The highest BCUT2D eigenvalue weighted by atomic mass is 35.5. The lowest BCUT2D eigenvalue weighted by atomic mass is 10.1. The average Bonchev–Trinajstić information content (AvgIpc) is 3.11. The van der Waals surface area contributed by atoms with Crippen LogP contribution in [0.3, 0.4) is 0 Å². The molecule has 1 atom stereocenters. The standard InChI is InChI=1S/C19H26ClN5O2/c1-3-21-19(22-7-9-26-17-6-4-5-16(20)11-17)25-8-10-27-18(14-25)15-12-23-24(2)13-15/h4-6,11-13,18H,3,7-10,14H2,1-2H3,(H,21,22). The van der Waals surface area contributed by atoms with Gasteiger partial charge in [-0.05, 0) is 25.1 Å². The summed E-state index contributed by atoms with van der Waals surface area (Å²) in [6, 6.07) is 7.39. The molecule has 1 aliphatic rings. The lowest BCUT2D eigenvalue weighted by molar-refractivity contribution is -0.00805. The van der Waals surface area contributed by atoms with Crippen LogP contribution in [0.15, 0.2) is 41.7 Å². The van der Waals surface area contributed by atoms with E-state index < -0.39 is 0 Å². The highest BCUT2D eigenvalue weighted by molar-refractivity contribution is 6.30. The number of aromatic nitrogens is 2. The summed E-state index contributed by atoms with van der Waals surface area (Å²) in [5.74, 6) is 1.63. The Labute approximate surface area is 164 Å². The molecule has 1 saturated heterocycles. The molecule has 0 spiro atoms.